The summed E-state index contributed by atoms with van der Waals surface area (Å²) >= 11 is 0. The second-order valence-electron chi connectivity index (χ2n) is 7.28. The molecule has 0 aromatic heterocycles. The van der Waals surface area contributed by atoms with Gasteiger partial charge in [0.15, 0.2) is 5.96 Å². The third-order valence-electron chi connectivity index (χ3n) is 4.31. The highest BCUT2D eigenvalue weighted by atomic mass is 32.2. The van der Waals surface area contributed by atoms with Gasteiger partial charge in [0.2, 0.25) is 10.0 Å². The molecule has 0 spiro atoms. The van der Waals surface area contributed by atoms with Crippen LogP contribution in [-0.4, -0.2) is 52.0 Å². The Kier molecular flexibility index (Phi) is 6.46. The van der Waals surface area contributed by atoms with Crippen molar-refractivity contribution in [1.29, 1.82) is 0 Å². The molecule has 7 heteroatoms. The molecule has 0 unspecified atom stereocenters. The van der Waals surface area contributed by atoms with E-state index in [1.54, 1.807) is 24.3 Å². The smallest absolute Gasteiger partial charge is 0.240 e. The number of nitrogens with zero attached hydrogens (tertiary/aromatic N) is 2. The molecule has 1 heterocycles. The van der Waals surface area contributed by atoms with Gasteiger partial charge in [-0.05, 0) is 37.8 Å². The normalized spacial score (nSPS) is 17.8. The fourth-order valence-corrected chi connectivity index (χ4v) is 3.88. The zero-order valence-corrected chi connectivity index (χ0v) is 16.5. The van der Waals surface area contributed by atoms with Gasteiger partial charge >= 0.3 is 0 Å². The minimum absolute atomic E-state index is 0.280. The van der Waals surface area contributed by atoms with Crippen molar-refractivity contribution in [3.8, 4) is 0 Å². The second-order valence-corrected chi connectivity index (χ2v) is 9.05. The topological polar surface area (TPSA) is 73.8 Å². The van der Waals surface area contributed by atoms with Crippen LogP contribution in [0, 0.1) is 12.3 Å². The summed E-state index contributed by atoms with van der Waals surface area (Å²) in [7, 11) is -3.48. The Balaban J connectivity index is 1.92. The molecular formula is C18H30N4O2S. The molecule has 6 nitrogen and oxygen atoms in total. The van der Waals surface area contributed by atoms with E-state index in [4.69, 9.17) is 0 Å². The number of aryl methyl sites for hydroxylation is 1. The summed E-state index contributed by atoms with van der Waals surface area (Å²) in [4.78, 5) is 7.11. The zero-order chi connectivity index (χ0) is 18.5. The van der Waals surface area contributed by atoms with Gasteiger partial charge in [-0.3, -0.25) is 4.99 Å². The largest absolute Gasteiger partial charge is 0.357 e. The van der Waals surface area contributed by atoms with Crippen LogP contribution in [0.25, 0.3) is 0 Å². The van der Waals surface area contributed by atoms with Crippen molar-refractivity contribution in [2.45, 2.75) is 39.0 Å². The Morgan fingerprint density at radius 1 is 1.28 bits per heavy atom. The SMILES string of the molecule is CCNC(=NCCNS(=O)(=O)c1ccc(C)cc1)N1CCC(C)(C)C1. The van der Waals surface area contributed by atoms with E-state index >= 15 is 0 Å². The van der Waals surface area contributed by atoms with Gasteiger partial charge in [0.1, 0.15) is 0 Å². The van der Waals surface area contributed by atoms with Gasteiger partial charge < -0.3 is 10.2 Å². The van der Waals surface area contributed by atoms with Crippen molar-refractivity contribution >= 4 is 16.0 Å². The van der Waals surface area contributed by atoms with Crippen LogP contribution in [0.3, 0.4) is 0 Å². The van der Waals surface area contributed by atoms with Crippen LogP contribution in [0.2, 0.25) is 0 Å². The van der Waals surface area contributed by atoms with E-state index in [2.05, 4.69) is 33.8 Å². The predicted octanol–water partition coefficient (Wildman–Crippen LogP) is 1.97. The lowest BCUT2D eigenvalue weighted by molar-refractivity contribution is 0.370. The minimum atomic E-state index is -3.48. The molecule has 1 fully saturated rings. The standard InChI is InChI=1S/C18H30N4O2S/c1-5-19-17(22-13-10-18(3,4)14-22)20-11-12-21-25(23,24)16-8-6-15(2)7-9-16/h6-9,21H,5,10-14H2,1-4H3,(H,19,20). The van der Waals surface area contributed by atoms with E-state index in [-0.39, 0.29) is 11.4 Å². The molecule has 0 radical (unpaired) electrons. The maximum atomic E-state index is 12.3. The number of sulfonamides is 1. The Hall–Kier alpha value is -1.60. The molecule has 1 aliphatic heterocycles. The second kappa shape index (κ2) is 8.19. The average Bonchev–Trinajstić information content (AvgIpc) is 2.91. The summed E-state index contributed by atoms with van der Waals surface area (Å²) < 4.78 is 27.2. The molecule has 0 atom stereocenters. The molecular weight excluding hydrogens is 336 g/mol. The molecule has 0 aliphatic carbocycles. The summed E-state index contributed by atoms with van der Waals surface area (Å²) in [5, 5.41) is 3.30. The quantitative estimate of drug-likeness (QED) is 0.459. The molecule has 0 saturated carbocycles. The van der Waals surface area contributed by atoms with Gasteiger partial charge in [-0.15, -0.1) is 0 Å². The van der Waals surface area contributed by atoms with Crippen LogP contribution in [-0.2, 0) is 10.0 Å². The van der Waals surface area contributed by atoms with E-state index in [0.717, 1.165) is 37.6 Å². The number of rotatable bonds is 6. The van der Waals surface area contributed by atoms with Gasteiger partial charge in [-0.2, -0.15) is 0 Å². The third kappa shape index (κ3) is 5.71. The maximum Gasteiger partial charge on any atom is 0.240 e. The van der Waals surface area contributed by atoms with E-state index in [1.165, 1.54) is 0 Å². The van der Waals surface area contributed by atoms with Gasteiger partial charge in [-0.25, -0.2) is 13.1 Å². The van der Waals surface area contributed by atoms with Crippen LogP contribution in [0.1, 0.15) is 32.8 Å². The lowest BCUT2D eigenvalue weighted by Gasteiger charge is -2.23. The van der Waals surface area contributed by atoms with E-state index in [9.17, 15) is 8.42 Å². The fourth-order valence-electron chi connectivity index (χ4n) is 2.86. The Labute approximate surface area is 151 Å². The number of hydrogen-bond acceptors (Lipinski definition) is 3. The molecule has 1 aliphatic rings. The molecule has 2 rings (SSSR count). The van der Waals surface area contributed by atoms with Crippen LogP contribution in [0.4, 0.5) is 0 Å². The van der Waals surface area contributed by atoms with Crippen molar-refractivity contribution in [2.75, 3.05) is 32.7 Å². The fraction of sp³-hybridized carbons (Fsp3) is 0.611. The molecule has 25 heavy (non-hydrogen) atoms. The van der Waals surface area contributed by atoms with Crippen molar-refractivity contribution in [3.63, 3.8) is 0 Å². The first-order valence-electron chi connectivity index (χ1n) is 8.83. The van der Waals surface area contributed by atoms with E-state index in [1.807, 2.05) is 13.8 Å². The lowest BCUT2D eigenvalue weighted by Crippen LogP contribution is -2.41. The number of benzene rings is 1. The van der Waals surface area contributed by atoms with Gasteiger partial charge in [0.05, 0.1) is 11.4 Å². The van der Waals surface area contributed by atoms with Gasteiger partial charge in [0, 0.05) is 26.2 Å². The number of guanidine groups is 1. The van der Waals surface area contributed by atoms with E-state index in [0.29, 0.717) is 12.0 Å². The molecule has 1 saturated heterocycles. The van der Waals surface area contributed by atoms with Crippen molar-refractivity contribution < 1.29 is 8.42 Å². The summed E-state index contributed by atoms with van der Waals surface area (Å²) in [6, 6.07) is 6.84. The molecule has 0 amide bonds. The zero-order valence-electron chi connectivity index (χ0n) is 15.7. The van der Waals surface area contributed by atoms with Gasteiger partial charge in [-0.1, -0.05) is 31.5 Å². The molecule has 0 bridgehead atoms. The van der Waals surface area contributed by atoms with Gasteiger partial charge in [0.25, 0.3) is 0 Å². The summed E-state index contributed by atoms with van der Waals surface area (Å²) in [6.07, 6.45) is 1.14. The van der Waals surface area contributed by atoms with Crippen molar-refractivity contribution in [2.24, 2.45) is 10.4 Å². The maximum absolute atomic E-state index is 12.3. The predicted molar refractivity (Wildman–Crippen MR) is 102 cm³/mol. The molecule has 1 aromatic carbocycles. The average molecular weight is 367 g/mol. The van der Waals surface area contributed by atoms with Crippen molar-refractivity contribution in [3.05, 3.63) is 29.8 Å². The number of likely N-dealkylation sites (tertiary alicyclic amines) is 1. The number of hydrogen-bond donors (Lipinski definition) is 2. The highest BCUT2D eigenvalue weighted by Crippen LogP contribution is 2.28. The summed E-state index contributed by atoms with van der Waals surface area (Å²) in [5.74, 6) is 0.864. The Morgan fingerprint density at radius 3 is 2.52 bits per heavy atom. The number of aliphatic imine (C=N–C) groups is 1. The molecule has 1 aromatic rings. The number of nitrogens with one attached hydrogen (secondary N) is 2. The highest BCUT2D eigenvalue weighted by molar-refractivity contribution is 7.89. The Morgan fingerprint density at radius 2 is 1.96 bits per heavy atom. The highest BCUT2D eigenvalue weighted by Gasteiger charge is 2.30. The Bertz CT molecular complexity index is 696. The van der Waals surface area contributed by atoms with Crippen LogP contribution in [0.15, 0.2) is 34.2 Å². The first-order valence-corrected chi connectivity index (χ1v) is 10.3. The minimum Gasteiger partial charge on any atom is -0.357 e. The third-order valence-corrected chi connectivity index (χ3v) is 5.79. The van der Waals surface area contributed by atoms with Crippen LogP contribution >= 0.6 is 0 Å². The first kappa shape index (κ1) is 19.7. The lowest BCUT2D eigenvalue weighted by atomic mass is 9.93. The van der Waals surface area contributed by atoms with Crippen LogP contribution < -0.4 is 10.0 Å². The van der Waals surface area contributed by atoms with Crippen LogP contribution in [0.5, 0.6) is 0 Å². The molecule has 2 N–H and O–H groups in total. The monoisotopic (exact) mass is 366 g/mol. The summed E-state index contributed by atoms with van der Waals surface area (Å²) in [5.41, 5.74) is 1.33. The van der Waals surface area contributed by atoms with E-state index < -0.39 is 10.0 Å². The summed E-state index contributed by atoms with van der Waals surface area (Å²) in [6.45, 7) is 11.9. The first-order chi connectivity index (χ1) is 11.7. The van der Waals surface area contributed by atoms with Crippen molar-refractivity contribution in [1.82, 2.24) is 14.9 Å². The molecule has 140 valence electrons.